The summed E-state index contributed by atoms with van der Waals surface area (Å²) >= 11 is 1.59. The number of carbonyl (C=O) groups is 1. The van der Waals surface area contributed by atoms with E-state index in [9.17, 15) is 4.79 Å². The van der Waals surface area contributed by atoms with Crippen LogP contribution in [-0.4, -0.2) is 38.5 Å². The minimum absolute atomic E-state index is 0.0445. The molecule has 5 heteroatoms. The summed E-state index contributed by atoms with van der Waals surface area (Å²) in [6, 6.07) is 7.93. The fourth-order valence-corrected chi connectivity index (χ4v) is 2.39. The van der Waals surface area contributed by atoms with Crippen LogP contribution in [0.1, 0.15) is 12.5 Å². The lowest BCUT2D eigenvalue weighted by molar-refractivity contribution is -0.119. The number of hydrogen-bond acceptors (Lipinski definition) is 4. The maximum Gasteiger partial charge on any atom is 0.230 e. The summed E-state index contributed by atoms with van der Waals surface area (Å²) in [5.74, 6) is 2.17. The predicted molar refractivity (Wildman–Crippen MR) is 78.6 cm³/mol. The third kappa shape index (κ3) is 6.50. The van der Waals surface area contributed by atoms with E-state index in [1.165, 1.54) is 5.56 Å². The van der Waals surface area contributed by atoms with E-state index >= 15 is 0 Å². The monoisotopic (exact) mass is 283 g/mol. The van der Waals surface area contributed by atoms with Crippen LogP contribution >= 0.6 is 11.8 Å². The molecule has 19 heavy (non-hydrogen) atoms. The van der Waals surface area contributed by atoms with Gasteiger partial charge in [0.25, 0.3) is 0 Å². The number of rotatable bonds is 8. The Bertz CT molecular complexity index is 381. The highest BCUT2D eigenvalue weighted by atomic mass is 32.2. The molecule has 0 radical (unpaired) electrons. The molecular weight excluding hydrogens is 262 g/mol. The Balaban J connectivity index is 2.23. The standard InChI is InChI=1S/C14H21NO3S/c1-11(8-17-2)15-14(16)10-19-9-12-4-6-13(18-3)7-5-12/h4-7,11H,8-10H2,1-3H3,(H,15,16)/t11-/m1/s1. The molecule has 1 rings (SSSR count). The number of ether oxygens (including phenoxy) is 2. The third-order valence-corrected chi connectivity index (χ3v) is 3.49. The molecule has 0 aliphatic carbocycles. The number of methoxy groups -OCH3 is 2. The first-order valence-corrected chi connectivity index (χ1v) is 7.30. The Morgan fingerprint density at radius 2 is 2.00 bits per heavy atom. The fourth-order valence-electron chi connectivity index (χ4n) is 1.59. The second kappa shape index (κ2) is 8.82. The van der Waals surface area contributed by atoms with Crippen LogP contribution in [-0.2, 0) is 15.3 Å². The van der Waals surface area contributed by atoms with Gasteiger partial charge in [-0.1, -0.05) is 12.1 Å². The third-order valence-electron chi connectivity index (χ3n) is 2.48. The van der Waals surface area contributed by atoms with Crippen molar-refractivity contribution < 1.29 is 14.3 Å². The summed E-state index contributed by atoms with van der Waals surface area (Å²) in [6.07, 6.45) is 0. The summed E-state index contributed by atoms with van der Waals surface area (Å²) in [5.41, 5.74) is 1.18. The molecule has 0 aliphatic heterocycles. The van der Waals surface area contributed by atoms with Crippen molar-refractivity contribution in [2.24, 2.45) is 0 Å². The highest BCUT2D eigenvalue weighted by molar-refractivity contribution is 7.99. The van der Waals surface area contributed by atoms with Gasteiger partial charge in [-0.15, -0.1) is 11.8 Å². The first kappa shape index (κ1) is 15.9. The maximum absolute atomic E-state index is 11.6. The molecule has 1 aromatic carbocycles. The molecule has 0 saturated heterocycles. The predicted octanol–water partition coefficient (Wildman–Crippen LogP) is 2.08. The first-order chi connectivity index (χ1) is 9.15. The van der Waals surface area contributed by atoms with E-state index in [1.807, 2.05) is 31.2 Å². The van der Waals surface area contributed by atoms with Gasteiger partial charge in [0.15, 0.2) is 0 Å². The van der Waals surface area contributed by atoms with Gasteiger partial charge in [-0.05, 0) is 24.6 Å². The maximum atomic E-state index is 11.6. The Labute approximate surface area is 118 Å². The van der Waals surface area contributed by atoms with E-state index in [0.29, 0.717) is 12.4 Å². The van der Waals surface area contributed by atoms with E-state index < -0.39 is 0 Å². The molecule has 106 valence electrons. The van der Waals surface area contributed by atoms with Crippen LogP contribution in [0.15, 0.2) is 24.3 Å². The minimum Gasteiger partial charge on any atom is -0.497 e. The SMILES string of the molecule is COC[C@@H](C)NC(=O)CSCc1ccc(OC)cc1. The number of thioether (sulfide) groups is 1. The van der Waals surface area contributed by atoms with Gasteiger partial charge in [0, 0.05) is 18.9 Å². The zero-order chi connectivity index (χ0) is 14.1. The molecule has 0 unspecified atom stereocenters. The number of amides is 1. The Morgan fingerprint density at radius 3 is 2.58 bits per heavy atom. The van der Waals surface area contributed by atoms with Crippen LogP contribution in [0, 0.1) is 0 Å². The van der Waals surface area contributed by atoms with Crippen molar-refractivity contribution >= 4 is 17.7 Å². The van der Waals surface area contributed by atoms with Crippen molar-refractivity contribution in [1.29, 1.82) is 0 Å². The summed E-state index contributed by atoms with van der Waals surface area (Å²) in [5, 5.41) is 2.88. The molecule has 0 heterocycles. The molecule has 0 aliphatic rings. The summed E-state index contributed by atoms with van der Waals surface area (Å²) in [7, 11) is 3.27. The van der Waals surface area contributed by atoms with Gasteiger partial charge < -0.3 is 14.8 Å². The van der Waals surface area contributed by atoms with Crippen molar-refractivity contribution in [3.05, 3.63) is 29.8 Å². The molecule has 0 fully saturated rings. The van der Waals surface area contributed by atoms with Gasteiger partial charge in [-0.3, -0.25) is 4.79 Å². The van der Waals surface area contributed by atoms with Crippen LogP contribution in [0.3, 0.4) is 0 Å². The summed E-state index contributed by atoms with van der Waals surface area (Å²) in [4.78, 5) is 11.6. The molecule has 1 amide bonds. The molecule has 4 nitrogen and oxygen atoms in total. The second-order valence-corrected chi connectivity index (χ2v) is 5.25. The van der Waals surface area contributed by atoms with Gasteiger partial charge >= 0.3 is 0 Å². The summed E-state index contributed by atoms with van der Waals surface area (Å²) in [6.45, 7) is 2.46. The first-order valence-electron chi connectivity index (χ1n) is 6.14. The van der Waals surface area contributed by atoms with E-state index in [2.05, 4.69) is 5.32 Å². The van der Waals surface area contributed by atoms with Gasteiger partial charge in [0.2, 0.25) is 5.91 Å². The van der Waals surface area contributed by atoms with Crippen molar-refractivity contribution in [3.63, 3.8) is 0 Å². The Hall–Kier alpha value is -1.20. The zero-order valence-electron chi connectivity index (χ0n) is 11.6. The highest BCUT2D eigenvalue weighted by Gasteiger charge is 2.06. The molecular formula is C14H21NO3S. The molecule has 1 aromatic rings. The van der Waals surface area contributed by atoms with Gasteiger partial charge in [0.1, 0.15) is 5.75 Å². The molecule has 0 spiro atoms. The lowest BCUT2D eigenvalue weighted by atomic mass is 10.2. The average Bonchev–Trinajstić information content (AvgIpc) is 2.39. The molecule has 1 N–H and O–H groups in total. The van der Waals surface area contributed by atoms with Gasteiger partial charge in [-0.2, -0.15) is 0 Å². The normalized spacial score (nSPS) is 11.9. The molecule has 1 atom stereocenters. The van der Waals surface area contributed by atoms with Crippen molar-refractivity contribution in [3.8, 4) is 5.75 Å². The van der Waals surface area contributed by atoms with Gasteiger partial charge in [-0.25, -0.2) is 0 Å². The lowest BCUT2D eigenvalue weighted by Gasteiger charge is -2.12. The second-order valence-electron chi connectivity index (χ2n) is 4.26. The van der Waals surface area contributed by atoms with E-state index in [4.69, 9.17) is 9.47 Å². The minimum atomic E-state index is 0.0445. The Kier molecular flexibility index (Phi) is 7.36. The van der Waals surface area contributed by atoms with Crippen LogP contribution in [0.25, 0.3) is 0 Å². The van der Waals surface area contributed by atoms with Crippen LogP contribution in [0.2, 0.25) is 0 Å². The van der Waals surface area contributed by atoms with E-state index in [-0.39, 0.29) is 11.9 Å². The van der Waals surface area contributed by atoms with E-state index in [0.717, 1.165) is 11.5 Å². The molecule has 0 aromatic heterocycles. The summed E-state index contributed by atoms with van der Waals surface area (Å²) < 4.78 is 10.1. The van der Waals surface area contributed by atoms with Crippen LogP contribution < -0.4 is 10.1 Å². The van der Waals surface area contributed by atoms with E-state index in [1.54, 1.807) is 26.0 Å². The smallest absolute Gasteiger partial charge is 0.230 e. The average molecular weight is 283 g/mol. The largest absolute Gasteiger partial charge is 0.497 e. The molecule has 0 saturated carbocycles. The van der Waals surface area contributed by atoms with Crippen molar-refractivity contribution in [2.45, 2.75) is 18.7 Å². The Morgan fingerprint density at radius 1 is 1.32 bits per heavy atom. The van der Waals surface area contributed by atoms with Crippen molar-refractivity contribution in [2.75, 3.05) is 26.6 Å². The highest BCUT2D eigenvalue weighted by Crippen LogP contribution is 2.16. The quantitative estimate of drug-likeness (QED) is 0.793. The van der Waals surface area contributed by atoms with Gasteiger partial charge in [0.05, 0.1) is 19.5 Å². The lowest BCUT2D eigenvalue weighted by Crippen LogP contribution is -2.36. The number of nitrogens with one attached hydrogen (secondary N) is 1. The number of carbonyl (C=O) groups excluding carboxylic acids is 1. The molecule has 0 bridgehead atoms. The van der Waals surface area contributed by atoms with Crippen molar-refractivity contribution in [1.82, 2.24) is 5.32 Å². The topological polar surface area (TPSA) is 47.6 Å². The number of benzene rings is 1. The van der Waals surface area contributed by atoms with Crippen LogP contribution in [0.5, 0.6) is 5.75 Å². The van der Waals surface area contributed by atoms with Crippen LogP contribution in [0.4, 0.5) is 0 Å². The zero-order valence-corrected chi connectivity index (χ0v) is 12.5. The number of hydrogen-bond donors (Lipinski definition) is 1. The fraction of sp³-hybridized carbons (Fsp3) is 0.500.